The van der Waals surface area contributed by atoms with Gasteiger partial charge in [-0.2, -0.15) is 13.8 Å². The largest absolute Gasteiger partial charge is 0.477 e. The lowest BCUT2D eigenvalue weighted by atomic mass is 10.0. The average molecular weight is 550 g/mol. The molecule has 0 radical (unpaired) electrons. The smallest absolute Gasteiger partial charge is 0.352 e. The van der Waals surface area contributed by atoms with Crippen molar-refractivity contribution in [3.8, 4) is 0 Å². The van der Waals surface area contributed by atoms with Gasteiger partial charge in [0.2, 0.25) is 22.7 Å². The molecule has 0 aromatic carbocycles. The van der Waals surface area contributed by atoms with Gasteiger partial charge in [-0.05, 0) is 13.8 Å². The Morgan fingerprint density at radius 2 is 2.25 bits per heavy atom. The molecule has 5 heterocycles. The van der Waals surface area contributed by atoms with Crippen molar-refractivity contribution in [2.75, 3.05) is 11.5 Å². The first kappa shape index (κ1) is 24.2. The number of imidazole rings is 1. The molecule has 188 valence electrons. The van der Waals surface area contributed by atoms with Gasteiger partial charge in [0.05, 0.1) is 0 Å². The molecule has 1 fully saturated rings. The van der Waals surface area contributed by atoms with Crippen LogP contribution in [0.25, 0.3) is 4.83 Å². The third-order valence-electron chi connectivity index (χ3n) is 5.35. The van der Waals surface area contributed by atoms with Crippen molar-refractivity contribution in [2.45, 2.75) is 37.9 Å². The predicted molar refractivity (Wildman–Crippen MR) is 132 cm³/mol. The van der Waals surface area contributed by atoms with Gasteiger partial charge in [-0.1, -0.05) is 16.5 Å². The van der Waals surface area contributed by atoms with Gasteiger partial charge in [0.1, 0.15) is 42.2 Å². The molecule has 0 spiro atoms. The first-order valence-electron chi connectivity index (χ1n) is 10.7. The van der Waals surface area contributed by atoms with Crippen LogP contribution in [0.3, 0.4) is 0 Å². The molecule has 3 aromatic rings. The number of anilines is 1. The number of hydrogen-bond donors (Lipinski definition) is 3. The number of thioether (sulfide) groups is 1. The number of nitrogen functional groups attached to an aromatic ring is 1. The maximum Gasteiger partial charge on any atom is 0.352 e. The molecule has 16 heteroatoms. The third kappa shape index (κ3) is 4.42. The van der Waals surface area contributed by atoms with E-state index in [1.54, 1.807) is 25.2 Å². The quantitative estimate of drug-likeness (QED) is 0.155. The zero-order chi connectivity index (χ0) is 25.6. The summed E-state index contributed by atoms with van der Waals surface area (Å²) in [5.41, 5.74) is 5.98. The molecular weight excluding hydrogens is 528 g/mol. The Hall–Kier alpha value is -3.50. The average Bonchev–Trinajstić information content (AvgIpc) is 3.53. The molecule has 2 aliphatic heterocycles. The summed E-state index contributed by atoms with van der Waals surface area (Å²) in [4.78, 5) is 49.7. The minimum Gasteiger partial charge on any atom is -0.477 e. The number of carboxylic acids is 1. The standard InChI is InChI=1S/C20H20N8O5S3/c1-9(2)33-24-12(15-23-20(21)36-25-15)16(29)22-13-17(30)28-14(19(31)32)10(7-35-18(13)28)5-26-6-11-27(8-26)3-4-34-11/h3-4,6,8-9,13,18H,5,7H2,1-2H3,(H3-,21,22,23,25,29,31,32)/p+1/b24-12-/t13-,18-/m1/s1. The second kappa shape index (κ2) is 9.51. The summed E-state index contributed by atoms with van der Waals surface area (Å²) in [6.07, 6.45) is 5.40. The van der Waals surface area contributed by atoms with E-state index in [1.807, 2.05) is 33.1 Å². The molecule has 5 rings (SSSR count). The van der Waals surface area contributed by atoms with E-state index in [2.05, 4.69) is 19.8 Å². The van der Waals surface area contributed by atoms with Crippen LogP contribution in [0.2, 0.25) is 0 Å². The highest BCUT2D eigenvalue weighted by Crippen LogP contribution is 2.40. The van der Waals surface area contributed by atoms with Gasteiger partial charge in [0.15, 0.2) is 5.13 Å². The Balaban J connectivity index is 1.35. The Bertz CT molecular complexity index is 1390. The summed E-state index contributed by atoms with van der Waals surface area (Å²) in [5.74, 6) is -2.06. The summed E-state index contributed by atoms with van der Waals surface area (Å²) in [6, 6.07) is -0.939. The molecule has 0 bridgehead atoms. The molecule has 0 saturated carbocycles. The Morgan fingerprint density at radius 3 is 2.92 bits per heavy atom. The number of nitrogens with one attached hydrogen (secondary N) is 1. The second-order valence-electron chi connectivity index (χ2n) is 8.23. The maximum atomic E-state index is 13.0. The van der Waals surface area contributed by atoms with Crippen LogP contribution >= 0.6 is 34.6 Å². The van der Waals surface area contributed by atoms with Gasteiger partial charge in [0, 0.05) is 28.2 Å². The fourth-order valence-electron chi connectivity index (χ4n) is 3.82. The lowest BCUT2D eigenvalue weighted by Gasteiger charge is -2.49. The number of carbonyl (C=O) groups is 3. The number of thiazole rings is 1. The molecule has 2 amide bonds. The number of oxime groups is 1. The second-order valence-corrected chi connectivity index (χ2v) is 11.0. The van der Waals surface area contributed by atoms with Gasteiger partial charge >= 0.3 is 5.97 Å². The van der Waals surface area contributed by atoms with Crippen molar-refractivity contribution in [1.29, 1.82) is 0 Å². The third-order valence-corrected chi connectivity index (χ3v) is 8.04. The highest BCUT2D eigenvalue weighted by molar-refractivity contribution is 8.00. The van der Waals surface area contributed by atoms with Gasteiger partial charge in [0.25, 0.3) is 11.8 Å². The molecule has 0 unspecified atom stereocenters. The number of nitrogens with two attached hydrogens (primary N) is 1. The number of carbonyl (C=O) groups excluding carboxylic acids is 2. The van der Waals surface area contributed by atoms with Crippen molar-refractivity contribution < 1.29 is 28.9 Å². The van der Waals surface area contributed by atoms with Crippen molar-refractivity contribution in [3.05, 3.63) is 41.2 Å². The van der Waals surface area contributed by atoms with Crippen molar-refractivity contribution in [3.63, 3.8) is 0 Å². The lowest BCUT2D eigenvalue weighted by molar-refractivity contribution is -0.687. The van der Waals surface area contributed by atoms with Crippen LogP contribution in [0.15, 0.2) is 40.5 Å². The first-order valence-corrected chi connectivity index (χ1v) is 13.4. The molecule has 2 aliphatic rings. The van der Waals surface area contributed by atoms with Crippen LogP contribution in [0, 0.1) is 0 Å². The summed E-state index contributed by atoms with van der Waals surface area (Å²) < 4.78 is 7.84. The van der Waals surface area contributed by atoms with Gasteiger partial charge in [-0.3, -0.25) is 14.5 Å². The summed E-state index contributed by atoms with van der Waals surface area (Å²) >= 11 is 3.85. The monoisotopic (exact) mass is 549 g/mol. The highest BCUT2D eigenvalue weighted by Gasteiger charge is 2.54. The van der Waals surface area contributed by atoms with Crippen molar-refractivity contribution >= 4 is 68.1 Å². The van der Waals surface area contributed by atoms with Gasteiger partial charge < -0.3 is 21.0 Å². The molecule has 36 heavy (non-hydrogen) atoms. The molecule has 2 atom stereocenters. The van der Waals surface area contributed by atoms with Crippen molar-refractivity contribution in [2.24, 2.45) is 5.16 Å². The van der Waals surface area contributed by atoms with Crippen LogP contribution in [-0.2, 0) is 25.8 Å². The van der Waals surface area contributed by atoms with E-state index in [1.165, 1.54) is 16.7 Å². The minimum absolute atomic E-state index is 0.0199. The number of hydrogen-bond acceptors (Lipinski definition) is 11. The fraction of sp³-hybridized carbons (Fsp3) is 0.350. The number of carboxylic acid groups (broad SMARTS) is 1. The van der Waals surface area contributed by atoms with E-state index >= 15 is 0 Å². The Labute approximate surface area is 216 Å². The number of β-lactam (4-membered cyclic amide) rings is 1. The molecule has 3 aromatic heterocycles. The van der Waals surface area contributed by atoms with Crippen LogP contribution < -0.4 is 15.6 Å². The molecule has 0 aliphatic carbocycles. The van der Waals surface area contributed by atoms with Gasteiger partial charge in [-0.25, -0.2) is 9.36 Å². The minimum atomic E-state index is -1.19. The Morgan fingerprint density at radius 1 is 1.44 bits per heavy atom. The van der Waals surface area contributed by atoms with Crippen LogP contribution in [0.5, 0.6) is 0 Å². The topological polar surface area (TPSA) is 168 Å². The van der Waals surface area contributed by atoms with Gasteiger partial charge in [-0.15, -0.1) is 11.8 Å². The van der Waals surface area contributed by atoms with Crippen LogP contribution in [-0.4, -0.2) is 70.5 Å². The number of amides is 2. The number of nitrogens with zero attached hydrogens (tertiary/aromatic N) is 6. The van der Waals surface area contributed by atoms with Crippen molar-refractivity contribution in [1.82, 2.24) is 24.0 Å². The van der Waals surface area contributed by atoms with Crippen LogP contribution in [0.4, 0.5) is 5.13 Å². The summed E-state index contributed by atoms with van der Waals surface area (Å²) in [7, 11) is 0. The molecule has 4 N–H and O–H groups in total. The van der Waals surface area contributed by atoms with E-state index in [9.17, 15) is 19.5 Å². The predicted octanol–water partition coefficient (Wildman–Crippen LogP) is 0.290. The van der Waals surface area contributed by atoms with E-state index < -0.39 is 29.2 Å². The Kier molecular flexibility index (Phi) is 6.40. The first-order chi connectivity index (χ1) is 17.2. The normalized spacial score (nSPS) is 20.0. The van der Waals surface area contributed by atoms with E-state index in [0.717, 1.165) is 16.4 Å². The summed E-state index contributed by atoms with van der Waals surface area (Å²) in [5, 5.41) is 18.0. The van der Waals surface area contributed by atoms with E-state index in [0.29, 0.717) is 17.9 Å². The number of rotatable bonds is 8. The zero-order valence-corrected chi connectivity index (χ0v) is 21.5. The molecule has 13 nitrogen and oxygen atoms in total. The van der Waals surface area contributed by atoms with Crippen LogP contribution in [0.1, 0.15) is 19.7 Å². The zero-order valence-electron chi connectivity index (χ0n) is 19.0. The summed E-state index contributed by atoms with van der Waals surface area (Å²) in [6.45, 7) is 3.80. The van der Waals surface area contributed by atoms with E-state index in [4.69, 9.17) is 10.6 Å². The molecule has 1 saturated heterocycles. The maximum absolute atomic E-state index is 13.0. The number of fused-ring (bicyclic) bond motifs is 2. The fourth-order valence-corrected chi connectivity index (χ4v) is 6.35. The SMILES string of the molecule is CC(C)O/N=C(\C(=O)N[C@@H]1C(=O)N2C(C(=O)O)=C(C[n+]3cc4sccn4c3)CS[C@H]12)c1nsc(N)n1. The number of aliphatic carboxylic acids is 1. The molecular formula is C20H21N8O5S3+. The highest BCUT2D eigenvalue weighted by atomic mass is 32.2. The number of aromatic nitrogens is 4. The van der Waals surface area contributed by atoms with E-state index in [-0.39, 0.29) is 28.5 Å². The lowest BCUT2D eigenvalue weighted by Crippen LogP contribution is -2.71.